The van der Waals surface area contributed by atoms with E-state index in [1.54, 1.807) is 18.7 Å². The summed E-state index contributed by atoms with van der Waals surface area (Å²) in [5.74, 6) is -8.76. The van der Waals surface area contributed by atoms with Crippen LogP contribution in [0.25, 0.3) is 0 Å². The van der Waals surface area contributed by atoms with Crippen LogP contribution in [0.5, 0.6) is 0 Å². The second-order valence-electron chi connectivity index (χ2n) is 10.1. The number of carbonyl (C=O) groups is 4. The predicted octanol–water partition coefficient (Wildman–Crippen LogP) is 4.37. The lowest BCUT2D eigenvalue weighted by molar-refractivity contribution is -0.193. The van der Waals surface area contributed by atoms with Crippen LogP contribution < -0.4 is 0 Å². The van der Waals surface area contributed by atoms with Gasteiger partial charge in [-0.3, -0.25) is 19.6 Å². The maximum atomic E-state index is 12.3. The van der Waals surface area contributed by atoms with Gasteiger partial charge in [-0.25, -0.2) is 14.4 Å². The number of pyridine rings is 1. The molecular formula is C26H28F9N3O9. The molecule has 0 radical (unpaired) electrons. The monoisotopic (exact) mass is 697 g/mol. The maximum Gasteiger partial charge on any atom is 0.490 e. The number of carboxylic acids is 4. The average Bonchev–Trinajstić information content (AvgIpc) is 3.53. The Balaban J connectivity index is 0.000000430. The van der Waals surface area contributed by atoms with Gasteiger partial charge in [0.15, 0.2) is 0 Å². The molecule has 0 unspecified atom stereocenters. The van der Waals surface area contributed by atoms with Crippen molar-refractivity contribution in [2.75, 3.05) is 26.2 Å². The lowest BCUT2D eigenvalue weighted by atomic mass is 9.75. The molecule has 264 valence electrons. The van der Waals surface area contributed by atoms with Crippen LogP contribution in [-0.2, 0) is 32.3 Å². The molecular weight excluding hydrogens is 669 g/mol. The summed E-state index contributed by atoms with van der Waals surface area (Å²) in [4.78, 5) is 47.8. The Bertz CT molecular complexity index is 1250. The number of alkyl halides is 9. The molecule has 2 aromatic rings. The fourth-order valence-corrected chi connectivity index (χ4v) is 4.62. The summed E-state index contributed by atoms with van der Waals surface area (Å²) >= 11 is 0. The van der Waals surface area contributed by atoms with Crippen molar-refractivity contribution < 1.29 is 83.5 Å². The van der Waals surface area contributed by atoms with Gasteiger partial charge in [-0.1, -0.05) is 6.07 Å². The minimum atomic E-state index is -5.08. The number of likely N-dealkylation sites (tertiary alicyclic amines) is 2. The van der Waals surface area contributed by atoms with Gasteiger partial charge < -0.3 is 24.8 Å². The van der Waals surface area contributed by atoms with Gasteiger partial charge >= 0.3 is 42.4 Å². The molecule has 2 aromatic heterocycles. The van der Waals surface area contributed by atoms with E-state index in [1.807, 2.05) is 18.3 Å². The molecule has 4 heterocycles. The molecule has 0 bridgehead atoms. The maximum absolute atomic E-state index is 12.3. The largest absolute Gasteiger partial charge is 0.490 e. The number of carboxylic acid groups (broad SMARTS) is 4. The molecule has 0 saturated carbocycles. The van der Waals surface area contributed by atoms with Gasteiger partial charge in [0.05, 0.1) is 17.9 Å². The van der Waals surface area contributed by atoms with E-state index in [4.69, 9.17) is 34.1 Å². The molecule has 4 rings (SSSR count). The van der Waals surface area contributed by atoms with Crippen molar-refractivity contribution in [2.24, 2.45) is 11.3 Å². The molecule has 0 aromatic carbocycles. The lowest BCUT2D eigenvalue weighted by Gasteiger charge is -2.29. The zero-order valence-electron chi connectivity index (χ0n) is 23.8. The second-order valence-corrected chi connectivity index (χ2v) is 10.1. The summed E-state index contributed by atoms with van der Waals surface area (Å²) < 4.78 is 100. The lowest BCUT2D eigenvalue weighted by Crippen LogP contribution is -2.41. The standard InChI is InChI=1S/C20H25N3O3.3C2HF3O2/c24-19(25)20-5-2-7-22(11-17-4-8-26-14-17)12-18(20)13-23(15-20)10-16-3-1-6-21-9-16;3*3-2(4,5)1(6)7/h1,3-4,6,8-9,14,18H,2,5,7,10-13,15H2,(H,24,25);3*(H,6,7)/t18-,20-;;;/m0.../s1. The number of rotatable bonds is 5. The van der Waals surface area contributed by atoms with E-state index < -0.39 is 47.8 Å². The van der Waals surface area contributed by atoms with E-state index >= 15 is 0 Å². The van der Waals surface area contributed by atoms with Gasteiger partial charge in [0.1, 0.15) is 0 Å². The van der Waals surface area contributed by atoms with Crippen LogP contribution in [0, 0.1) is 11.3 Å². The fourth-order valence-electron chi connectivity index (χ4n) is 4.62. The molecule has 2 atom stereocenters. The van der Waals surface area contributed by atoms with E-state index in [-0.39, 0.29) is 5.92 Å². The highest BCUT2D eigenvalue weighted by Gasteiger charge is 2.53. The minimum absolute atomic E-state index is 0.145. The number of aromatic nitrogens is 1. The Kier molecular flexibility index (Phi) is 14.7. The number of aliphatic carboxylic acids is 4. The van der Waals surface area contributed by atoms with Crippen molar-refractivity contribution in [3.05, 3.63) is 54.2 Å². The molecule has 0 spiro atoms. The summed E-state index contributed by atoms with van der Waals surface area (Å²) in [6.45, 7) is 4.80. The number of hydrogen-bond acceptors (Lipinski definition) is 8. The van der Waals surface area contributed by atoms with Crippen LogP contribution >= 0.6 is 0 Å². The summed E-state index contributed by atoms with van der Waals surface area (Å²) in [5.41, 5.74) is 1.66. The Labute approximate surface area is 259 Å². The molecule has 4 N–H and O–H groups in total. The van der Waals surface area contributed by atoms with Gasteiger partial charge in [-0.15, -0.1) is 0 Å². The molecule has 21 heteroatoms. The first kappa shape index (κ1) is 40.6. The highest BCUT2D eigenvalue weighted by Crippen LogP contribution is 2.43. The summed E-state index contributed by atoms with van der Waals surface area (Å²) in [7, 11) is 0. The average molecular weight is 698 g/mol. The quantitative estimate of drug-likeness (QED) is 0.325. The van der Waals surface area contributed by atoms with Crippen molar-refractivity contribution in [2.45, 2.75) is 44.5 Å². The van der Waals surface area contributed by atoms with E-state index in [0.717, 1.165) is 56.7 Å². The third-order valence-corrected chi connectivity index (χ3v) is 6.61. The number of halogens is 9. The SMILES string of the molecule is O=C(O)C(F)(F)F.O=C(O)C(F)(F)F.O=C(O)C(F)(F)F.O=C(O)[C@]12CCCN(Cc3ccoc3)C[C@H]1CN(Cc1cccnc1)C2. The Morgan fingerprint density at radius 3 is 1.70 bits per heavy atom. The molecule has 2 aliphatic heterocycles. The first-order valence-corrected chi connectivity index (χ1v) is 13.0. The van der Waals surface area contributed by atoms with Crippen molar-refractivity contribution in [3.8, 4) is 0 Å². The summed E-state index contributed by atoms with van der Waals surface area (Å²) in [6, 6.07) is 5.97. The smallest absolute Gasteiger partial charge is 0.481 e. The molecule has 2 aliphatic rings. The van der Waals surface area contributed by atoms with Crippen LogP contribution in [-0.4, -0.2) is 104 Å². The number of hydrogen-bond donors (Lipinski definition) is 4. The first-order chi connectivity index (χ1) is 21.5. The van der Waals surface area contributed by atoms with Gasteiger partial charge in [-0.2, -0.15) is 39.5 Å². The zero-order valence-corrected chi connectivity index (χ0v) is 23.8. The third kappa shape index (κ3) is 13.9. The zero-order chi connectivity index (χ0) is 36.2. The van der Waals surface area contributed by atoms with Crippen LogP contribution in [0.1, 0.15) is 24.0 Å². The molecule has 47 heavy (non-hydrogen) atoms. The minimum Gasteiger partial charge on any atom is -0.481 e. The molecule has 2 saturated heterocycles. The van der Waals surface area contributed by atoms with Crippen LogP contribution in [0.2, 0.25) is 0 Å². The van der Waals surface area contributed by atoms with Crippen LogP contribution in [0.3, 0.4) is 0 Å². The van der Waals surface area contributed by atoms with Crippen molar-refractivity contribution in [1.82, 2.24) is 14.8 Å². The van der Waals surface area contributed by atoms with Crippen molar-refractivity contribution in [1.29, 1.82) is 0 Å². The van der Waals surface area contributed by atoms with E-state index in [2.05, 4.69) is 20.9 Å². The van der Waals surface area contributed by atoms with Gasteiger partial charge in [0.2, 0.25) is 0 Å². The number of fused-ring (bicyclic) bond motifs is 1. The Morgan fingerprint density at radius 1 is 0.809 bits per heavy atom. The van der Waals surface area contributed by atoms with E-state index in [1.165, 1.54) is 0 Å². The van der Waals surface area contributed by atoms with E-state index in [0.29, 0.717) is 6.54 Å². The summed E-state index contributed by atoms with van der Waals surface area (Å²) in [5, 5.41) is 31.5. The highest BCUT2D eigenvalue weighted by molar-refractivity contribution is 5.76. The second kappa shape index (κ2) is 17.0. The molecule has 2 fully saturated rings. The molecule has 12 nitrogen and oxygen atoms in total. The van der Waals surface area contributed by atoms with Crippen molar-refractivity contribution >= 4 is 23.9 Å². The normalized spacial score (nSPS) is 20.1. The first-order valence-electron chi connectivity index (χ1n) is 13.0. The fraction of sp³-hybridized carbons (Fsp3) is 0.500. The number of furan rings is 1. The Morgan fingerprint density at radius 2 is 1.30 bits per heavy atom. The van der Waals surface area contributed by atoms with Gasteiger partial charge in [-0.05, 0) is 37.1 Å². The van der Waals surface area contributed by atoms with E-state index in [9.17, 15) is 49.4 Å². The predicted molar refractivity (Wildman–Crippen MR) is 137 cm³/mol. The van der Waals surface area contributed by atoms with Crippen LogP contribution in [0.15, 0.2) is 47.5 Å². The van der Waals surface area contributed by atoms with Gasteiger partial charge in [0, 0.05) is 56.6 Å². The Hall–Kier alpha value is -4.40. The topological polar surface area (TPSA) is 182 Å². The van der Waals surface area contributed by atoms with Gasteiger partial charge in [0.25, 0.3) is 0 Å². The molecule has 0 aliphatic carbocycles. The summed E-state index contributed by atoms with van der Waals surface area (Å²) in [6.07, 6.45) is -6.48. The third-order valence-electron chi connectivity index (χ3n) is 6.61. The molecule has 0 amide bonds. The number of nitrogens with zero attached hydrogens (tertiary/aromatic N) is 3. The van der Waals surface area contributed by atoms with Crippen molar-refractivity contribution in [3.63, 3.8) is 0 Å². The highest BCUT2D eigenvalue weighted by atomic mass is 19.4. The van der Waals surface area contributed by atoms with Crippen LogP contribution in [0.4, 0.5) is 39.5 Å².